The van der Waals surface area contributed by atoms with Crippen molar-refractivity contribution in [2.24, 2.45) is 0 Å². The highest BCUT2D eigenvalue weighted by Crippen LogP contribution is 2.41. The molecular weight excluding hydrogens is 294 g/mol. The maximum Gasteiger partial charge on any atom is 0.518 e. The van der Waals surface area contributed by atoms with E-state index >= 15 is 0 Å². The third-order valence-electron chi connectivity index (χ3n) is 2.28. The summed E-state index contributed by atoms with van der Waals surface area (Å²) >= 11 is 0. The quantitative estimate of drug-likeness (QED) is 0.620. The second-order valence-electron chi connectivity index (χ2n) is 3.64. The Bertz CT molecular complexity index is 439. The molecule has 0 atom stereocenters. The van der Waals surface area contributed by atoms with Crippen LogP contribution in [0.5, 0.6) is 0 Å². The number of carbonyl (C=O) groups is 1. The molecule has 0 N–H and O–H groups in total. The fraction of sp³-hybridized carbons (Fsp3) is 0.300. The normalized spacial score (nSPS) is 13.2. The van der Waals surface area contributed by atoms with Crippen molar-refractivity contribution in [1.29, 1.82) is 0 Å². The monoisotopic (exact) mass is 302 g/mol. The molecule has 0 saturated carbocycles. The molecule has 9 heteroatoms. The van der Waals surface area contributed by atoms with Gasteiger partial charge in [0, 0.05) is 6.92 Å². The summed E-state index contributed by atoms with van der Waals surface area (Å²) in [6.45, 7) is 0.516. The molecule has 0 heterocycles. The van der Waals surface area contributed by atoms with Gasteiger partial charge in [0.05, 0.1) is 0 Å². The van der Waals surface area contributed by atoms with E-state index in [2.05, 4.69) is 4.43 Å². The van der Waals surface area contributed by atoms with Crippen molar-refractivity contribution in [2.45, 2.75) is 18.5 Å². The molecule has 0 fully saturated rings. The molecule has 0 aliphatic heterocycles. The summed E-state index contributed by atoms with van der Waals surface area (Å²) in [7, 11) is -6.49. The number of hydrogen-bond donors (Lipinski definition) is 0. The van der Waals surface area contributed by atoms with Gasteiger partial charge in [-0.25, -0.2) is 0 Å². The molecule has 19 heavy (non-hydrogen) atoms. The summed E-state index contributed by atoms with van der Waals surface area (Å²) < 4.78 is 81.7. The SMILES string of the molecule is CC(=O)O[Si](c1ccccc1)(C(F)(F)F)C(F)(F)F. The highest BCUT2D eigenvalue weighted by atomic mass is 28.4. The maximum atomic E-state index is 13.0. The first kappa shape index (κ1) is 15.5. The van der Waals surface area contributed by atoms with Crippen LogP contribution in [-0.2, 0) is 9.22 Å². The van der Waals surface area contributed by atoms with Crippen LogP contribution in [0.15, 0.2) is 30.3 Å². The lowest BCUT2D eigenvalue weighted by Crippen LogP contribution is -2.72. The molecule has 0 spiro atoms. The van der Waals surface area contributed by atoms with Crippen LogP contribution in [0.3, 0.4) is 0 Å². The van der Waals surface area contributed by atoms with E-state index in [0.29, 0.717) is 19.1 Å². The van der Waals surface area contributed by atoms with Crippen LogP contribution in [-0.4, -0.2) is 25.9 Å². The Kier molecular flexibility index (Phi) is 3.99. The molecule has 0 saturated heterocycles. The zero-order chi connectivity index (χ0) is 14.9. The van der Waals surface area contributed by atoms with E-state index < -0.39 is 31.1 Å². The number of halogens is 6. The zero-order valence-corrected chi connectivity index (χ0v) is 10.5. The Labute approximate surface area is 105 Å². The van der Waals surface area contributed by atoms with Crippen LogP contribution in [0.25, 0.3) is 0 Å². The van der Waals surface area contributed by atoms with Crippen molar-refractivity contribution in [2.75, 3.05) is 0 Å². The van der Waals surface area contributed by atoms with E-state index in [-0.39, 0.29) is 0 Å². The van der Waals surface area contributed by atoms with Gasteiger partial charge in [-0.1, -0.05) is 30.3 Å². The maximum absolute atomic E-state index is 13.0. The van der Waals surface area contributed by atoms with Crippen LogP contribution < -0.4 is 5.19 Å². The summed E-state index contributed by atoms with van der Waals surface area (Å²) in [6, 6.07) is 4.64. The van der Waals surface area contributed by atoms with Crippen molar-refractivity contribution in [3.63, 3.8) is 0 Å². The fourth-order valence-electron chi connectivity index (χ4n) is 1.55. The number of carbonyl (C=O) groups excluding carboxylic acids is 1. The molecule has 2 nitrogen and oxygen atoms in total. The number of rotatable bonds is 2. The second-order valence-corrected chi connectivity index (χ2v) is 6.91. The van der Waals surface area contributed by atoms with Crippen LogP contribution in [0.4, 0.5) is 26.3 Å². The molecule has 1 aromatic carbocycles. The van der Waals surface area contributed by atoms with Crippen LogP contribution in [0.1, 0.15) is 6.92 Å². The number of hydrogen-bond acceptors (Lipinski definition) is 2. The minimum absolute atomic E-state index is 0.516. The molecular formula is C10H8F6O2Si. The lowest BCUT2D eigenvalue weighted by Gasteiger charge is -2.33. The Morgan fingerprint density at radius 2 is 1.42 bits per heavy atom. The summed E-state index contributed by atoms with van der Waals surface area (Å²) in [6.07, 6.45) is 0. The van der Waals surface area contributed by atoms with E-state index in [1.54, 1.807) is 0 Å². The van der Waals surface area contributed by atoms with Gasteiger partial charge in [-0.15, -0.1) is 0 Å². The summed E-state index contributed by atoms with van der Waals surface area (Å²) in [5.41, 5.74) is 0. The first-order valence-electron chi connectivity index (χ1n) is 4.91. The average Bonchev–Trinajstić information content (AvgIpc) is 2.23. The Balaban J connectivity index is 3.59. The lowest BCUT2D eigenvalue weighted by molar-refractivity contribution is -0.154. The molecule has 0 amide bonds. The van der Waals surface area contributed by atoms with E-state index in [1.807, 2.05) is 0 Å². The molecule has 0 aromatic heterocycles. The molecule has 0 aliphatic carbocycles. The third kappa shape index (κ3) is 2.75. The Morgan fingerprint density at radius 1 is 1.00 bits per heavy atom. The van der Waals surface area contributed by atoms with Gasteiger partial charge < -0.3 is 4.43 Å². The van der Waals surface area contributed by atoms with E-state index in [0.717, 1.165) is 12.1 Å². The summed E-state index contributed by atoms with van der Waals surface area (Å²) in [5, 5.41) is -1.06. The molecule has 0 aliphatic rings. The predicted octanol–water partition coefficient (Wildman–Crippen LogP) is 2.61. The van der Waals surface area contributed by atoms with Crippen molar-refractivity contribution < 1.29 is 35.6 Å². The zero-order valence-electron chi connectivity index (χ0n) is 9.47. The molecule has 1 rings (SSSR count). The predicted molar refractivity (Wildman–Crippen MR) is 55.7 cm³/mol. The summed E-state index contributed by atoms with van der Waals surface area (Å²) in [4.78, 5) is 10.7. The molecule has 0 bridgehead atoms. The average molecular weight is 302 g/mol. The third-order valence-corrected chi connectivity index (χ3v) is 5.61. The van der Waals surface area contributed by atoms with Gasteiger partial charge in [-0.2, -0.15) is 26.3 Å². The van der Waals surface area contributed by atoms with Crippen LogP contribution in [0.2, 0.25) is 0 Å². The number of alkyl halides is 6. The van der Waals surface area contributed by atoms with Crippen molar-refractivity contribution in [1.82, 2.24) is 0 Å². The van der Waals surface area contributed by atoms with Crippen LogP contribution in [0, 0.1) is 0 Å². The van der Waals surface area contributed by atoms with Gasteiger partial charge in [-0.05, 0) is 5.19 Å². The van der Waals surface area contributed by atoms with Crippen LogP contribution >= 0.6 is 0 Å². The van der Waals surface area contributed by atoms with Crippen molar-refractivity contribution in [3.8, 4) is 0 Å². The molecule has 0 radical (unpaired) electrons. The van der Waals surface area contributed by atoms with Gasteiger partial charge in [0.2, 0.25) is 0 Å². The van der Waals surface area contributed by atoms with Gasteiger partial charge in [-0.3, -0.25) is 4.79 Å². The van der Waals surface area contributed by atoms with Gasteiger partial charge in [0.15, 0.2) is 0 Å². The largest absolute Gasteiger partial charge is 0.518 e. The standard InChI is InChI=1S/C10H8F6O2Si/c1-7(17)18-19(9(11,12)13,10(14,15)16)8-5-3-2-4-6-8/h2-6H,1H3. The van der Waals surface area contributed by atoms with E-state index in [4.69, 9.17) is 0 Å². The highest BCUT2D eigenvalue weighted by Gasteiger charge is 2.80. The second kappa shape index (κ2) is 4.87. The highest BCUT2D eigenvalue weighted by molar-refractivity contribution is 6.90. The van der Waals surface area contributed by atoms with E-state index in [9.17, 15) is 31.1 Å². The summed E-state index contributed by atoms with van der Waals surface area (Å²) in [5.74, 6) is -13.0. The smallest absolute Gasteiger partial charge is 0.499 e. The van der Waals surface area contributed by atoms with Gasteiger partial charge in [0.1, 0.15) is 0 Å². The Hall–Kier alpha value is -1.51. The van der Waals surface area contributed by atoms with Crippen molar-refractivity contribution >= 4 is 19.5 Å². The molecule has 0 unspecified atom stereocenters. The van der Waals surface area contributed by atoms with Crippen molar-refractivity contribution in [3.05, 3.63) is 30.3 Å². The minimum Gasteiger partial charge on any atom is -0.499 e. The minimum atomic E-state index is -6.49. The fourth-order valence-corrected chi connectivity index (χ4v) is 3.97. The van der Waals surface area contributed by atoms with E-state index in [1.165, 1.54) is 6.07 Å². The molecule has 106 valence electrons. The molecule has 1 aromatic rings. The lowest BCUT2D eigenvalue weighted by atomic mass is 10.4. The number of benzene rings is 1. The topological polar surface area (TPSA) is 26.3 Å². The van der Waals surface area contributed by atoms with Gasteiger partial charge in [0.25, 0.3) is 5.97 Å². The Morgan fingerprint density at radius 3 is 1.74 bits per heavy atom. The first-order valence-corrected chi connectivity index (χ1v) is 6.82. The first-order chi connectivity index (χ1) is 8.52. The van der Waals surface area contributed by atoms with Gasteiger partial charge >= 0.3 is 19.9 Å².